The van der Waals surface area contributed by atoms with E-state index in [0.29, 0.717) is 119 Å². The third kappa shape index (κ3) is 9.55. The van der Waals surface area contributed by atoms with Gasteiger partial charge < -0.3 is 82.4 Å². The van der Waals surface area contributed by atoms with Crippen molar-refractivity contribution in [2.75, 3.05) is 121 Å². The molecule has 3 aromatic rings. The summed E-state index contributed by atoms with van der Waals surface area (Å²) in [4.78, 5) is 19.9. The van der Waals surface area contributed by atoms with Crippen molar-refractivity contribution in [3.63, 3.8) is 0 Å². The largest absolute Gasteiger partial charge is 0.482 e. The van der Waals surface area contributed by atoms with Gasteiger partial charge in [-0.15, -0.1) is 19.7 Å². The van der Waals surface area contributed by atoms with Gasteiger partial charge in [0.25, 0.3) is 0 Å². The van der Waals surface area contributed by atoms with Crippen LogP contribution in [0.15, 0.2) is 74.4 Å². The zero-order valence-corrected chi connectivity index (χ0v) is 52.4. The molecular weight excluding hydrogens is 1160 g/mol. The molecule has 6 aliphatic carbocycles. The average molecular weight is 1250 g/mol. The Morgan fingerprint density at radius 2 is 0.856 bits per heavy atom. The number of methoxy groups -OCH3 is 3. The Morgan fingerprint density at radius 1 is 0.500 bits per heavy atom. The van der Waals surface area contributed by atoms with Gasteiger partial charge in [0.1, 0.15) is 12.2 Å². The molecule has 21 heteroatoms. The highest BCUT2D eigenvalue weighted by Crippen LogP contribution is 2.69. The van der Waals surface area contributed by atoms with E-state index < -0.39 is 63.6 Å². The highest BCUT2D eigenvalue weighted by molar-refractivity contribution is 5.90. The van der Waals surface area contributed by atoms with Gasteiger partial charge in [0.2, 0.25) is 0 Å². The first-order valence-corrected chi connectivity index (χ1v) is 32.4. The van der Waals surface area contributed by atoms with E-state index in [1.54, 1.807) is 21.3 Å². The Bertz CT molecular complexity index is 3050. The fraction of sp³-hybridized carbons (Fsp3) is 0.638. The van der Waals surface area contributed by atoms with Gasteiger partial charge in [0, 0.05) is 88.7 Å². The first-order valence-electron chi connectivity index (χ1n) is 32.4. The molecule has 3 spiro atoms. The van der Waals surface area contributed by atoms with Crippen LogP contribution in [0.25, 0.3) is 0 Å². The monoisotopic (exact) mass is 1250 g/mol. The van der Waals surface area contributed by atoms with Gasteiger partial charge in [-0.25, -0.2) is 0 Å². The normalized spacial score (nSPS) is 35.4. The van der Waals surface area contributed by atoms with Gasteiger partial charge in [-0.1, -0.05) is 36.4 Å². The summed E-state index contributed by atoms with van der Waals surface area (Å²) in [5, 5.41) is 58.2. The van der Waals surface area contributed by atoms with Crippen LogP contribution in [-0.4, -0.2) is 232 Å². The fourth-order valence-corrected chi connectivity index (χ4v) is 19.0. The fourth-order valence-electron chi connectivity index (χ4n) is 19.0. The van der Waals surface area contributed by atoms with Gasteiger partial charge in [0.05, 0.1) is 84.9 Å². The second-order valence-electron chi connectivity index (χ2n) is 26.5. The van der Waals surface area contributed by atoms with Crippen molar-refractivity contribution in [2.45, 2.75) is 159 Å². The molecule has 14 atom stereocenters. The summed E-state index contributed by atoms with van der Waals surface area (Å²) in [7, 11) is 4.88. The number of aliphatic hydroxyl groups is 5. The number of carbonyl (C=O) groups excluding carboxylic acids is 1. The second kappa shape index (κ2) is 25.3. The highest BCUT2D eigenvalue weighted by Gasteiger charge is 2.76. The summed E-state index contributed by atoms with van der Waals surface area (Å²) in [5.41, 5.74) is 1.76. The summed E-state index contributed by atoms with van der Waals surface area (Å²) >= 11 is 0. The van der Waals surface area contributed by atoms with E-state index in [-0.39, 0.29) is 44.3 Å². The molecule has 6 fully saturated rings. The maximum Gasteiger partial charge on any atom is 0.189 e. The molecule has 0 radical (unpaired) electrons. The first-order chi connectivity index (χ1) is 43.7. The number of Topliss-reactive ketones (excluding diaryl/α,β-unsaturated/α-hetero) is 1. The van der Waals surface area contributed by atoms with Crippen LogP contribution in [0.5, 0.6) is 34.5 Å². The van der Waals surface area contributed by atoms with E-state index in [4.69, 9.17) is 56.8 Å². The molecule has 0 aromatic heterocycles. The van der Waals surface area contributed by atoms with Crippen molar-refractivity contribution in [3.05, 3.63) is 108 Å². The molecule has 90 heavy (non-hydrogen) atoms. The smallest absolute Gasteiger partial charge is 0.189 e. The molecule has 3 saturated carbocycles. The van der Waals surface area contributed by atoms with Crippen LogP contribution in [0, 0.1) is 0 Å². The summed E-state index contributed by atoms with van der Waals surface area (Å²) < 4.78 is 68.1. The molecule has 6 heterocycles. The minimum atomic E-state index is -1.00. The maximum absolute atomic E-state index is 13.0. The van der Waals surface area contributed by atoms with Crippen molar-refractivity contribution >= 4 is 5.78 Å². The van der Waals surface area contributed by atoms with Crippen LogP contribution in [0.1, 0.15) is 91.2 Å². The molecule has 8 unspecified atom stereocenters. The molecule has 3 saturated heterocycles. The van der Waals surface area contributed by atoms with E-state index in [1.165, 1.54) is 11.1 Å². The number of nitrogens with zero attached hydrogens (tertiary/aromatic N) is 3. The highest BCUT2D eigenvalue weighted by atomic mass is 16.7. The van der Waals surface area contributed by atoms with Crippen molar-refractivity contribution in [3.8, 4) is 34.5 Å². The molecule has 6 aliphatic heterocycles. The third-order valence-electron chi connectivity index (χ3n) is 22.7. The van der Waals surface area contributed by atoms with Crippen molar-refractivity contribution in [2.24, 2.45) is 0 Å². The summed E-state index contributed by atoms with van der Waals surface area (Å²) in [6.07, 6.45) is 10.3. The predicted molar refractivity (Wildman–Crippen MR) is 329 cm³/mol. The number of hydrogen-bond donors (Lipinski definition) is 5. The minimum absolute atomic E-state index is 0.00885. The molecule has 3 aromatic carbocycles. The van der Waals surface area contributed by atoms with Crippen LogP contribution in [0.3, 0.4) is 0 Å². The molecule has 5 N–H and O–H groups in total. The van der Waals surface area contributed by atoms with Gasteiger partial charge in [-0.2, -0.15) is 0 Å². The zero-order valence-electron chi connectivity index (χ0n) is 52.4. The Balaban J connectivity index is 0.000000124. The Kier molecular flexibility index (Phi) is 17.8. The minimum Gasteiger partial charge on any atom is -0.482 e. The molecule has 6 bridgehead atoms. The lowest BCUT2D eigenvalue weighted by molar-refractivity contribution is -0.206. The lowest BCUT2D eigenvalue weighted by Gasteiger charge is -2.63. The zero-order chi connectivity index (χ0) is 62.8. The lowest BCUT2D eigenvalue weighted by Crippen LogP contribution is -2.77. The van der Waals surface area contributed by atoms with E-state index in [0.717, 1.165) is 93.6 Å². The Labute approximate surface area is 527 Å². The summed E-state index contributed by atoms with van der Waals surface area (Å²) in [5.74, 6) is 3.80. The van der Waals surface area contributed by atoms with Crippen LogP contribution >= 0.6 is 0 Å². The van der Waals surface area contributed by atoms with Crippen LogP contribution in [0.2, 0.25) is 0 Å². The maximum atomic E-state index is 13.0. The molecule has 21 nitrogen and oxygen atoms in total. The number of piperidine rings is 3. The second-order valence-corrected chi connectivity index (χ2v) is 26.5. The number of ketones is 1. The van der Waals surface area contributed by atoms with E-state index in [1.807, 2.05) is 36.4 Å². The number of aliphatic hydroxyl groups excluding tert-OH is 2. The first kappa shape index (κ1) is 63.5. The number of carbonyl (C=O) groups is 1. The molecule has 12 aliphatic rings. The summed E-state index contributed by atoms with van der Waals surface area (Å²) in [6, 6.07) is 11.9. The quantitative estimate of drug-likeness (QED) is 0.0476. The average Bonchev–Trinajstić information content (AvgIpc) is 1.43. The molecule has 490 valence electrons. The SMILES string of the molecule is C=CCN1CC[C@]23c4c5ccc(OCOCCOC)c4OC2C(=O)CC[C@@]3(O)C1C5.C=CCN1CC[C@]23c4c5ccc(OCOCCOC)c4OC2C(O)CC[C@@]3(O)C1C5.C=CCN1CC[C@]23c4c5ccc(OCOCCOC)c4OC2C(O)CC[C@@]3(O)C1C5. The molecule has 15 rings (SSSR count). The molecular formula is C69H91N3O18. The van der Waals surface area contributed by atoms with Gasteiger partial charge in [0.15, 0.2) is 66.8 Å². The van der Waals surface area contributed by atoms with Crippen molar-refractivity contribution < 1.29 is 87.2 Å². The third-order valence-corrected chi connectivity index (χ3v) is 22.7. The van der Waals surface area contributed by atoms with Crippen LogP contribution in [0.4, 0.5) is 0 Å². The topological polar surface area (TPSA) is 239 Å². The lowest BCUT2D eigenvalue weighted by atomic mass is 9.48. The van der Waals surface area contributed by atoms with Crippen molar-refractivity contribution in [1.29, 1.82) is 0 Å². The van der Waals surface area contributed by atoms with Crippen LogP contribution in [-0.2, 0) is 68.7 Å². The van der Waals surface area contributed by atoms with Gasteiger partial charge in [-0.3, -0.25) is 19.5 Å². The number of likely N-dealkylation sites (tertiary alicyclic amines) is 3. The van der Waals surface area contributed by atoms with Crippen LogP contribution < -0.4 is 28.4 Å². The number of hydrogen-bond acceptors (Lipinski definition) is 21. The van der Waals surface area contributed by atoms with E-state index in [9.17, 15) is 30.3 Å². The Hall–Kier alpha value is -5.21. The Morgan fingerprint density at radius 3 is 1.23 bits per heavy atom. The standard InChI is InChI=1S/2C23H31NO6.C23H29NO6/c3*1-3-9-24-10-8-22-19-15-4-5-17(29-14-28-12-11-27-2)20(19)30-21(22)16(25)6-7-23(22,26)18(24)13-15/h2*3-5,16,18,21,25-26H,1,6-14H2,2H3;3-5,18,21,26H,1,6-14H2,2H3/t2*16?,18?,21?,22-,23+;18?,21?,22-,23+/m000/s1. The number of benzene rings is 3. The van der Waals surface area contributed by atoms with Gasteiger partial charge in [-0.05, 0) is 119 Å². The van der Waals surface area contributed by atoms with Crippen molar-refractivity contribution in [1.82, 2.24) is 14.7 Å². The predicted octanol–water partition coefficient (Wildman–Crippen LogP) is 4.37. The molecule has 0 amide bonds. The van der Waals surface area contributed by atoms with E-state index in [2.05, 4.69) is 52.6 Å². The number of rotatable bonds is 24. The number of ether oxygens (including phenoxy) is 12. The summed E-state index contributed by atoms with van der Waals surface area (Å²) in [6.45, 7) is 19.5. The van der Waals surface area contributed by atoms with E-state index >= 15 is 0 Å². The van der Waals surface area contributed by atoms with Gasteiger partial charge >= 0.3 is 0 Å².